The summed E-state index contributed by atoms with van der Waals surface area (Å²) in [6, 6.07) is 0. The molecule has 0 bridgehead atoms. The molecular formula is C14H28NOS+. The van der Waals surface area contributed by atoms with Crippen LogP contribution in [0.5, 0.6) is 0 Å². The molecule has 0 aromatic rings. The van der Waals surface area contributed by atoms with Crippen molar-refractivity contribution in [3.63, 3.8) is 0 Å². The molecule has 0 N–H and O–H groups in total. The zero-order chi connectivity index (χ0) is 13.3. The maximum Gasteiger partial charge on any atom is 0.214 e. The SMILES string of the molecule is C=C(C)C(=O)SCC[N+](CC)(CCC)CCC. The summed E-state index contributed by atoms with van der Waals surface area (Å²) in [4.78, 5) is 11.5. The molecule has 0 aliphatic rings. The molecule has 17 heavy (non-hydrogen) atoms. The van der Waals surface area contributed by atoms with Gasteiger partial charge >= 0.3 is 0 Å². The fourth-order valence-corrected chi connectivity index (χ4v) is 3.12. The third-order valence-electron chi connectivity index (χ3n) is 3.21. The summed E-state index contributed by atoms with van der Waals surface area (Å²) >= 11 is 1.42. The number of hydrogen-bond acceptors (Lipinski definition) is 2. The lowest BCUT2D eigenvalue weighted by Gasteiger charge is -2.37. The van der Waals surface area contributed by atoms with Gasteiger partial charge in [-0.2, -0.15) is 0 Å². The van der Waals surface area contributed by atoms with E-state index in [0.717, 1.165) is 16.8 Å². The van der Waals surface area contributed by atoms with Crippen molar-refractivity contribution in [1.82, 2.24) is 0 Å². The highest BCUT2D eigenvalue weighted by atomic mass is 32.2. The predicted octanol–water partition coefficient (Wildman–Crippen LogP) is 3.48. The van der Waals surface area contributed by atoms with Gasteiger partial charge in [0, 0.05) is 0 Å². The van der Waals surface area contributed by atoms with E-state index < -0.39 is 0 Å². The minimum Gasteiger partial charge on any atom is -0.323 e. The van der Waals surface area contributed by atoms with Crippen molar-refractivity contribution in [2.45, 2.75) is 40.5 Å². The minimum atomic E-state index is 0.146. The van der Waals surface area contributed by atoms with Gasteiger partial charge in [0.2, 0.25) is 5.12 Å². The summed E-state index contributed by atoms with van der Waals surface area (Å²) < 4.78 is 1.16. The van der Waals surface area contributed by atoms with Crippen LogP contribution < -0.4 is 0 Å². The second kappa shape index (κ2) is 8.76. The molecule has 0 atom stereocenters. The van der Waals surface area contributed by atoms with Crippen LogP contribution in [0.4, 0.5) is 0 Å². The average molecular weight is 258 g/mol. The van der Waals surface area contributed by atoms with Gasteiger partial charge in [-0.15, -0.1) is 0 Å². The molecule has 0 rings (SSSR count). The van der Waals surface area contributed by atoms with Crippen LogP contribution in [0, 0.1) is 0 Å². The fraction of sp³-hybridized carbons (Fsp3) is 0.786. The van der Waals surface area contributed by atoms with E-state index in [1.807, 2.05) is 0 Å². The van der Waals surface area contributed by atoms with Gasteiger partial charge in [0.1, 0.15) is 0 Å². The lowest BCUT2D eigenvalue weighted by atomic mass is 10.2. The quantitative estimate of drug-likeness (QED) is 0.465. The number of carbonyl (C=O) groups excluding carboxylic acids is 1. The highest BCUT2D eigenvalue weighted by molar-refractivity contribution is 8.14. The summed E-state index contributed by atoms with van der Waals surface area (Å²) in [6.45, 7) is 16.9. The number of rotatable bonds is 9. The van der Waals surface area contributed by atoms with E-state index in [0.29, 0.717) is 5.57 Å². The third kappa shape index (κ3) is 6.27. The Morgan fingerprint density at radius 1 is 1.12 bits per heavy atom. The Morgan fingerprint density at radius 3 is 2.00 bits per heavy atom. The van der Waals surface area contributed by atoms with Crippen molar-refractivity contribution in [2.24, 2.45) is 0 Å². The molecule has 0 saturated heterocycles. The van der Waals surface area contributed by atoms with Crippen LogP contribution in [0.25, 0.3) is 0 Å². The highest BCUT2D eigenvalue weighted by Gasteiger charge is 2.23. The number of quaternary nitrogens is 1. The lowest BCUT2D eigenvalue weighted by molar-refractivity contribution is -0.924. The molecular weight excluding hydrogens is 230 g/mol. The normalized spacial score (nSPS) is 11.5. The van der Waals surface area contributed by atoms with Crippen molar-refractivity contribution in [1.29, 1.82) is 0 Å². The molecule has 0 radical (unpaired) electrons. The van der Waals surface area contributed by atoms with Crippen LogP contribution >= 0.6 is 11.8 Å². The van der Waals surface area contributed by atoms with Gasteiger partial charge in [0.25, 0.3) is 0 Å². The number of thioether (sulfide) groups is 1. The topological polar surface area (TPSA) is 17.1 Å². The van der Waals surface area contributed by atoms with Gasteiger partial charge in [-0.25, -0.2) is 0 Å². The number of carbonyl (C=O) groups is 1. The first-order valence-electron chi connectivity index (χ1n) is 6.69. The van der Waals surface area contributed by atoms with Gasteiger partial charge in [0.05, 0.1) is 31.9 Å². The van der Waals surface area contributed by atoms with Crippen LogP contribution in [0.3, 0.4) is 0 Å². The first-order chi connectivity index (χ1) is 8.01. The van der Waals surface area contributed by atoms with Gasteiger partial charge in [-0.05, 0) is 32.3 Å². The van der Waals surface area contributed by atoms with E-state index in [9.17, 15) is 4.79 Å². The molecule has 2 nitrogen and oxygen atoms in total. The van der Waals surface area contributed by atoms with Crippen molar-refractivity contribution in [3.05, 3.63) is 12.2 Å². The van der Waals surface area contributed by atoms with E-state index in [2.05, 4.69) is 27.4 Å². The Hall–Kier alpha value is -0.280. The fourth-order valence-electron chi connectivity index (χ4n) is 2.21. The largest absolute Gasteiger partial charge is 0.323 e. The van der Waals surface area contributed by atoms with E-state index in [1.165, 1.54) is 44.2 Å². The summed E-state index contributed by atoms with van der Waals surface area (Å²) in [5.41, 5.74) is 0.663. The second-order valence-electron chi connectivity index (χ2n) is 4.74. The Kier molecular flexibility index (Phi) is 8.61. The van der Waals surface area contributed by atoms with Crippen molar-refractivity contribution >= 4 is 16.9 Å². The second-order valence-corrected chi connectivity index (χ2v) is 5.81. The molecule has 0 fully saturated rings. The number of nitrogens with zero attached hydrogens (tertiary/aromatic N) is 1. The molecule has 0 saturated carbocycles. The van der Waals surface area contributed by atoms with Crippen LogP contribution in [0.2, 0.25) is 0 Å². The third-order valence-corrected chi connectivity index (χ3v) is 4.21. The van der Waals surface area contributed by atoms with E-state index >= 15 is 0 Å². The smallest absolute Gasteiger partial charge is 0.214 e. The highest BCUT2D eigenvalue weighted by Crippen LogP contribution is 2.15. The van der Waals surface area contributed by atoms with Gasteiger partial charge in [-0.1, -0.05) is 32.2 Å². The molecule has 0 spiro atoms. The van der Waals surface area contributed by atoms with Crippen molar-refractivity contribution in [3.8, 4) is 0 Å². The van der Waals surface area contributed by atoms with Crippen molar-refractivity contribution < 1.29 is 9.28 Å². The maximum absolute atomic E-state index is 11.5. The van der Waals surface area contributed by atoms with Crippen LogP contribution in [0.1, 0.15) is 40.5 Å². The summed E-state index contributed by atoms with van der Waals surface area (Å²) in [7, 11) is 0. The molecule has 0 heterocycles. The molecule has 0 aliphatic heterocycles. The molecule has 0 unspecified atom stereocenters. The molecule has 0 aromatic heterocycles. The molecule has 0 amide bonds. The molecule has 0 aliphatic carbocycles. The van der Waals surface area contributed by atoms with Crippen molar-refractivity contribution in [2.75, 3.05) is 31.9 Å². The zero-order valence-electron chi connectivity index (χ0n) is 11.9. The number of hydrogen-bond donors (Lipinski definition) is 0. The average Bonchev–Trinajstić information content (AvgIpc) is 2.29. The monoisotopic (exact) mass is 258 g/mol. The standard InChI is InChI=1S/C14H28NOS/c1-6-9-15(8-3,10-7-2)11-12-17-14(16)13(4)5/h4,6-12H2,1-3,5H3/q+1. The summed E-state index contributed by atoms with van der Waals surface area (Å²) in [5.74, 6) is 0.916. The van der Waals surface area contributed by atoms with Gasteiger partial charge < -0.3 is 4.48 Å². The molecule has 100 valence electrons. The Balaban J connectivity index is 4.24. The Morgan fingerprint density at radius 2 is 1.65 bits per heavy atom. The lowest BCUT2D eigenvalue weighted by Crippen LogP contribution is -2.50. The zero-order valence-corrected chi connectivity index (χ0v) is 12.7. The minimum absolute atomic E-state index is 0.146. The van der Waals surface area contributed by atoms with Gasteiger partial charge in [-0.3, -0.25) is 4.79 Å². The van der Waals surface area contributed by atoms with Crippen LogP contribution in [-0.4, -0.2) is 41.5 Å². The summed E-state index contributed by atoms with van der Waals surface area (Å²) in [6.07, 6.45) is 2.43. The van der Waals surface area contributed by atoms with E-state index in [1.54, 1.807) is 6.92 Å². The first kappa shape index (κ1) is 16.7. The maximum atomic E-state index is 11.5. The van der Waals surface area contributed by atoms with Gasteiger partial charge in [0.15, 0.2) is 0 Å². The molecule has 3 heteroatoms. The van der Waals surface area contributed by atoms with Crippen LogP contribution in [-0.2, 0) is 4.79 Å². The summed E-state index contributed by atoms with van der Waals surface area (Å²) in [5, 5.41) is 0.146. The first-order valence-corrected chi connectivity index (χ1v) is 7.67. The molecule has 0 aromatic carbocycles. The van der Waals surface area contributed by atoms with Crippen LogP contribution in [0.15, 0.2) is 12.2 Å². The Bertz CT molecular complexity index is 245. The van der Waals surface area contributed by atoms with E-state index in [4.69, 9.17) is 0 Å². The predicted molar refractivity (Wildman–Crippen MR) is 78.3 cm³/mol. The Labute approximate surface area is 111 Å². The van der Waals surface area contributed by atoms with E-state index in [-0.39, 0.29) is 5.12 Å².